The highest BCUT2D eigenvalue weighted by Gasteiger charge is 2.09. The zero-order chi connectivity index (χ0) is 12.8. The number of furan rings is 1. The Kier molecular flexibility index (Phi) is 4.27. The van der Waals surface area contributed by atoms with E-state index in [2.05, 4.69) is 10.6 Å². The summed E-state index contributed by atoms with van der Waals surface area (Å²) < 4.78 is 4.92. The van der Waals surface area contributed by atoms with Gasteiger partial charge in [0.1, 0.15) is 5.76 Å². The van der Waals surface area contributed by atoms with Crippen LogP contribution in [-0.4, -0.2) is 29.4 Å². The van der Waals surface area contributed by atoms with Gasteiger partial charge in [-0.3, -0.25) is 9.59 Å². The number of carboxylic acids is 1. The molecule has 0 aliphatic heterocycles. The van der Waals surface area contributed by atoms with Crippen molar-refractivity contribution >= 4 is 17.8 Å². The molecule has 0 aromatic carbocycles. The van der Waals surface area contributed by atoms with Crippen molar-refractivity contribution < 1.29 is 23.9 Å². The Morgan fingerprint density at radius 2 is 2.00 bits per heavy atom. The fourth-order valence-corrected chi connectivity index (χ4v) is 1.04. The summed E-state index contributed by atoms with van der Waals surface area (Å²) in [5.74, 6) is -1.70. The van der Waals surface area contributed by atoms with E-state index in [1.54, 1.807) is 0 Å². The standard InChI is InChI=1S/C10H12N2O5/c1-6(13)11-5-9(14)12-4-7-2-3-8(17-7)10(15)16/h2-3H,4-5H2,1H3,(H,11,13)(H,12,14)(H,15,16). The first-order valence-corrected chi connectivity index (χ1v) is 4.82. The SMILES string of the molecule is CC(=O)NCC(=O)NCc1ccc(C(=O)O)o1. The second kappa shape index (κ2) is 5.69. The van der Waals surface area contributed by atoms with Gasteiger partial charge in [0.15, 0.2) is 0 Å². The Hall–Kier alpha value is -2.31. The van der Waals surface area contributed by atoms with Crippen molar-refractivity contribution in [1.29, 1.82) is 0 Å². The summed E-state index contributed by atoms with van der Waals surface area (Å²) >= 11 is 0. The number of nitrogens with one attached hydrogen (secondary N) is 2. The van der Waals surface area contributed by atoms with Crippen LogP contribution in [0.1, 0.15) is 23.2 Å². The molecular weight excluding hydrogens is 228 g/mol. The summed E-state index contributed by atoms with van der Waals surface area (Å²) in [6.07, 6.45) is 0. The Morgan fingerprint density at radius 1 is 1.29 bits per heavy atom. The third-order valence-electron chi connectivity index (χ3n) is 1.83. The minimum Gasteiger partial charge on any atom is -0.475 e. The van der Waals surface area contributed by atoms with Crippen LogP contribution in [0.3, 0.4) is 0 Å². The molecule has 2 amide bonds. The minimum absolute atomic E-state index is 0.0751. The molecule has 0 spiro atoms. The molecule has 0 bridgehead atoms. The summed E-state index contributed by atoms with van der Waals surface area (Å²) in [6.45, 7) is 1.26. The van der Waals surface area contributed by atoms with Crippen molar-refractivity contribution in [3.63, 3.8) is 0 Å². The van der Waals surface area contributed by atoms with Crippen molar-refractivity contribution in [1.82, 2.24) is 10.6 Å². The van der Waals surface area contributed by atoms with Gasteiger partial charge in [-0.2, -0.15) is 0 Å². The third-order valence-corrected chi connectivity index (χ3v) is 1.83. The molecule has 0 fully saturated rings. The van der Waals surface area contributed by atoms with Crippen LogP contribution in [0.5, 0.6) is 0 Å². The fraction of sp³-hybridized carbons (Fsp3) is 0.300. The quantitative estimate of drug-likeness (QED) is 0.656. The largest absolute Gasteiger partial charge is 0.475 e. The highest BCUT2D eigenvalue weighted by molar-refractivity contribution is 5.84. The van der Waals surface area contributed by atoms with Crippen molar-refractivity contribution in [3.05, 3.63) is 23.7 Å². The Bertz CT molecular complexity index is 438. The molecule has 1 aromatic rings. The van der Waals surface area contributed by atoms with Gasteiger partial charge in [-0.1, -0.05) is 0 Å². The van der Waals surface area contributed by atoms with Crippen molar-refractivity contribution in [2.24, 2.45) is 0 Å². The van der Waals surface area contributed by atoms with Gasteiger partial charge in [-0.05, 0) is 12.1 Å². The Morgan fingerprint density at radius 3 is 2.53 bits per heavy atom. The molecule has 0 unspecified atom stereocenters. The Balaban J connectivity index is 2.36. The van der Waals surface area contributed by atoms with E-state index >= 15 is 0 Å². The highest BCUT2D eigenvalue weighted by atomic mass is 16.4. The monoisotopic (exact) mass is 240 g/mol. The predicted molar refractivity (Wildman–Crippen MR) is 56.2 cm³/mol. The molecule has 17 heavy (non-hydrogen) atoms. The van der Waals surface area contributed by atoms with Crippen LogP contribution in [0.15, 0.2) is 16.5 Å². The van der Waals surface area contributed by atoms with Crippen LogP contribution in [0.4, 0.5) is 0 Å². The molecule has 0 saturated heterocycles. The van der Waals surface area contributed by atoms with Crippen LogP contribution in [0.2, 0.25) is 0 Å². The van der Waals surface area contributed by atoms with E-state index < -0.39 is 5.97 Å². The van der Waals surface area contributed by atoms with Gasteiger partial charge in [0.2, 0.25) is 17.6 Å². The molecule has 7 heteroatoms. The summed E-state index contributed by atoms with van der Waals surface area (Å²) in [6, 6.07) is 2.76. The van der Waals surface area contributed by atoms with E-state index in [0.29, 0.717) is 5.76 Å². The van der Waals surface area contributed by atoms with Gasteiger partial charge in [0.05, 0.1) is 13.1 Å². The molecule has 0 radical (unpaired) electrons. The van der Waals surface area contributed by atoms with Crippen molar-refractivity contribution in [3.8, 4) is 0 Å². The summed E-state index contributed by atoms with van der Waals surface area (Å²) in [5.41, 5.74) is 0. The van der Waals surface area contributed by atoms with Crippen LogP contribution >= 0.6 is 0 Å². The van der Waals surface area contributed by atoms with Gasteiger partial charge >= 0.3 is 5.97 Å². The number of carbonyl (C=O) groups excluding carboxylic acids is 2. The number of hydrogen-bond donors (Lipinski definition) is 3. The molecule has 0 aliphatic carbocycles. The number of amides is 2. The second-order valence-electron chi connectivity index (χ2n) is 3.26. The van der Waals surface area contributed by atoms with Gasteiger partial charge < -0.3 is 20.2 Å². The van der Waals surface area contributed by atoms with Crippen LogP contribution < -0.4 is 10.6 Å². The van der Waals surface area contributed by atoms with Crippen molar-refractivity contribution in [2.45, 2.75) is 13.5 Å². The molecule has 92 valence electrons. The highest BCUT2D eigenvalue weighted by Crippen LogP contribution is 2.07. The van der Waals surface area contributed by atoms with Gasteiger partial charge in [-0.25, -0.2) is 4.79 Å². The van der Waals surface area contributed by atoms with Crippen LogP contribution in [0, 0.1) is 0 Å². The zero-order valence-electron chi connectivity index (χ0n) is 9.15. The van der Waals surface area contributed by atoms with Crippen molar-refractivity contribution in [2.75, 3.05) is 6.54 Å². The lowest BCUT2D eigenvalue weighted by atomic mass is 10.4. The molecule has 3 N–H and O–H groups in total. The maximum atomic E-state index is 11.2. The maximum Gasteiger partial charge on any atom is 0.371 e. The Labute approximate surface area is 96.8 Å². The van der Waals surface area contributed by atoms with E-state index in [-0.39, 0.29) is 30.7 Å². The molecule has 7 nitrogen and oxygen atoms in total. The van der Waals surface area contributed by atoms with Crippen LogP contribution in [-0.2, 0) is 16.1 Å². The lowest BCUT2D eigenvalue weighted by molar-refractivity contribution is -0.125. The first-order valence-electron chi connectivity index (χ1n) is 4.82. The lowest BCUT2D eigenvalue weighted by Crippen LogP contribution is -2.35. The summed E-state index contributed by atoms with van der Waals surface area (Å²) in [7, 11) is 0. The molecular formula is C10H12N2O5. The summed E-state index contributed by atoms with van der Waals surface area (Å²) in [4.78, 5) is 32.2. The average Bonchev–Trinajstić information content (AvgIpc) is 2.72. The van der Waals surface area contributed by atoms with Gasteiger partial charge in [0.25, 0.3) is 0 Å². The fourth-order valence-electron chi connectivity index (χ4n) is 1.04. The molecule has 1 rings (SSSR count). The zero-order valence-corrected chi connectivity index (χ0v) is 9.15. The first-order chi connectivity index (χ1) is 7.99. The normalized spacial score (nSPS) is 9.71. The van der Waals surface area contributed by atoms with Gasteiger partial charge in [0, 0.05) is 6.92 Å². The number of carbonyl (C=O) groups is 3. The molecule has 0 atom stereocenters. The van der Waals surface area contributed by atoms with Crippen LogP contribution in [0.25, 0.3) is 0 Å². The molecule has 0 aliphatic rings. The molecule has 1 aromatic heterocycles. The van der Waals surface area contributed by atoms with E-state index in [1.165, 1.54) is 19.1 Å². The van der Waals surface area contributed by atoms with E-state index in [0.717, 1.165) is 0 Å². The third kappa shape index (κ3) is 4.37. The minimum atomic E-state index is -1.17. The second-order valence-corrected chi connectivity index (χ2v) is 3.26. The predicted octanol–water partition coefficient (Wildman–Crippen LogP) is -0.270. The average molecular weight is 240 g/mol. The van der Waals surface area contributed by atoms with Gasteiger partial charge in [-0.15, -0.1) is 0 Å². The molecule has 0 saturated carbocycles. The lowest BCUT2D eigenvalue weighted by Gasteiger charge is -2.03. The number of hydrogen-bond acceptors (Lipinski definition) is 4. The van der Waals surface area contributed by atoms with E-state index in [4.69, 9.17) is 9.52 Å². The topological polar surface area (TPSA) is 109 Å². The first kappa shape index (κ1) is 12.8. The molecule has 1 heterocycles. The number of carboxylic acid groups (broad SMARTS) is 1. The maximum absolute atomic E-state index is 11.2. The number of rotatable bonds is 5. The smallest absolute Gasteiger partial charge is 0.371 e. The summed E-state index contributed by atoms with van der Waals surface area (Å²) in [5, 5.41) is 13.4. The number of aromatic carboxylic acids is 1. The van der Waals surface area contributed by atoms with E-state index in [9.17, 15) is 14.4 Å². The van der Waals surface area contributed by atoms with E-state index in [1.807, 2.05) is 0 Å².